The van der Waals surface area contributed by atoms with Crippen LogP contribution in [0.4, 0.5) is 0 Å². The van der Waals surface area contributed by atoms with Crippen LogP contribution >= 0.6 is 15.9 Å². The number of nitrogens with zero attached hydrogens (tertiary/aromatic N) is 2. The molecule has 0 unspecified atom stereocenters. The van der Waals surface area contributed by atoms with Crippen LogP contribution in [0.2, 0.25) is 0 Å². The highest BCUT2D eigenvalue weighted by Gasteiger charge is 2.25. The van der Waals surface area contributed by atoms with E-state index in [9.17, 15) is 4.79 Å². The molecule has 0 radical (unpaired) electrons. The van der Waals surface area contributed by atoms with E-state index in [2.05, 4.69) is 32.6 Å². The number of hydrogen-bond acceptors (Lipinski definition) is 2. The zero-order valence-corrected chi connectivity index (χ0v) is 15.1. The SMILES string of the molecule is Cc1cc(C(=O)N2CCC(N)CC2)c(C)n1-c1cccc(Br)c1. The minimum Gasteiger partial charge on any atom is -0.338 e. The maximum Gasteiger partial charge on any atom is 0.255 e. The predicted molar refractivity (Wildman–Crippen MR) is 96.1 cm³/mol. The van der Waals surface area contributed by atoms with Gasteiger partial charge in [-0.15, -0.1) is 0 Å². The van der Waals surface area contributed by atoms with Gasteiger partial charge in [-0.25, -0.2) is 0 Å². The van der Waals surface area contributed by atoms with Crippen molar-refractivity contribution in [2.45, 2.75) is 32.7 Å². The van der Waals surface area contributed by atoms with Crippen LogP contribution in [0.1, 0.15) is 34.6 Å². The molecule has 1 aliphatic heterocycles. The third-order valence-corrected chi connectivity index (χ3v) is 5.05. The summed E-state index contributed by atoms with van der Waals surface area (Å²) in [6, 6.07) is 10.3. The van der Waals surface area contributed by atoms with Gasteiger partial charge in [0, 0.05) is 40.7 Å². The Balaban J connectivity index is 1.93. The monoisotopic (exact) mass is 375 g/mol. The molecule has 2 heterocycles. The van der Waals surface area contributed by atoms with E-state index < -0.39 is 0 Å². The number of halogens is 1. The first-order valence-corrected chi connectivity index (χ1v) is 8.76. The molecule has 1 fully saturated rings. The van der Waals surface area contributed by atoms with E-state index in [4.69, 9.17) is 5.73 Å². The van der Waals surface area contributed by atoms with Crippen LogP contribution in [0.15, 0.2) is 34.8 Å². The van der Waals surface area contributed by atoms with Crippen LogP contribution in [-0.4, -0.2) is 34.5 Å². The zero-order valence-electron chi connectivity index (χ0n) is 13.6. The van der Waals surface area contributed by atoms with Gasteiger partial charge in [-0.1, -0.05) is 22.0 Å². The largest absolute Gasteiger partial charge is 0.338 e. The summed E-state index contributed by atoms with van der Waals surface area (Å²) < 4.78 is 3.16. The van der Waals surface area contributed by atoms with Gasteiger partial charge in [0.2, 0.25) is 0 Å². The number of rotatable bonds is 2. The van der Waals surface area contributed by atoms with Crippen molar-refractivity contribution in [1.82, 2.24) is 9.47 Å². The lowest BCUT2D eigenvalue weighted by molar-refractivity contribution is 0.0714. The van der Waals surface area contributed by atoms with Crippen LogP contribution in [-0.2, 0) is 0 Å². The Morgan fingerprint density at radius 2 is 1.91 bits per heavy atom. The Morgan fingerprint density at radius 1 is 1.22 bits per heavy atom. The highest BCUT2D eigenvalue weighted by atomic mass is 79.9. The third kappa shape index (κ3) is 3.21. The molecule has 2 aromatic rings. The van der Waals surface area contributed by atoms with Crippen molar-refractivity contribution in [1.29, 1.82) is 0 Å². The van der Waals surface area contributed by atoms with Crippen molar-refractivity contribution in [2.24, 2.45) is 5.73 Å². The quantitative estimate of drug-likeness (QED) is 0.873. The lowest BCUT2D eigenvalue weighted by Gasteiger charge is -2.30. The highest BCUT2D eigenvalue weighted by Crippen LogP contribution is 2.25. The van der Waals surface area contributed by atoms with Gasteiger partial charge in [-0.3, -0.25) is 4.79 Å². The van der Waals surface area contributed by atoms with Crippen LogP contribution in [0.5, 0.6) is 0 Å². The molecule has 122 valence electrons. The molecule has 1 aromatic carbocycles. The normalized spacial score (nSPS) is 15.9. The molecule has 2 N–H and O–H groups in total. The average molecular weight is 376 g/mol. The standard InChI is InChI=1S/C18H22BrN3O/c1-12-10-17(18(23)21-8-6-15(20)7-9-21)13(2)22(12)16-5-3-4-14(19)11-16/h3-5,10-11,15H,6-9,20H2,1-2H3. The summed E-state index contributed by atoms with van der Waals surface area (Å²) >= 11 is 3.51. The first-order valence-electron chi connectivity index (χ1n) is 7.97. The van der Waals surface area contributed by atoms with Gasteiger partial charge in [0.05, 0.1) is 5.56 Å². The van der Waals surface area contributed by atoms with Gasteiger partial charge in [0.1, 0.15) is 0 Å². The van der Waals surface area contributed by atoms with Crippen LogP contribution in [0.25, 0.3) is 5.69 Å². The molecule has 1 aliphatic rings. The molecule has 0 atom stereocenters. The van der Waals surface area contributed by atoms with E-state index in [-0.39, 0.29) is 11.9 Å². The minimum absolute atomic E-state index is 0.117. The van der Waals surface area contributed by atoms with Crippen molar-refractivity contribution in [2.75, 3.05) is 13.1 Å². The molecule has 4 nitrogen and oxygen atoms in total. The molecular weight excluding hydrogens is 354 g/mol. The fraction of sp³-hybridized carbons (Fsp3) is 0.389. The first-order chi connectivity index (χ1) is 11.0. The molecule has 0 spiro atoms. The Bertz CT molecular complexity index is 730. The van der Waals surface area contributed by atoms with Crippen molar-refractivity contribution in [3.8, 4) is 5.69 Å². The average Bonchev–Trinajstić information content (AvgIpc) is 2.82. The Kier molecular flexibility index (Phi) is 4.60. The van der Waals surface area contributed by atoms with Gasteiger partial charge in [-0.2, -0.15) is 0 Å². The molecular formula is C18H22BrN3O. The summed E-state index contributed by atoms with van der Waals surface area (Å²) in [5.74, 6) is 0.117. The number of aryl methyl sites for hydroxylation is 1. The molecule has 0 bridgehead atoms. The first kappa shape index (κ1) is 16.3. The Morgan fingerprint density at radius 3 is 2.57 bits per heavy atom. The molecule has 0 saturated carbocycles. The molecule has 1 aromatic heterocycles. The van der Waals surface area contributed by atoms with Gasteiger partial charge >= 0.3 is 0 Å². The molecule has 1 amide bonds. The number of benzene rings is 1. The summed E-state index contributed by atoms with van der Waals surface area (Å²) in [6.07, 6.45) is 1.77. The lowest BCUT2D eigenvalue weighted by atomic mass is 10.1. The number of likely N-dealkylation sites (tertiary alicyclic amines) is 1. The number of carbonyl (C=O) groups excluding carboxylic acids is 1. The predicted octanol–water partition coefficient (Wildman–Crippen LogP) is 3.42. The fourth-order valence-corrected chi connectivity index (χ4v) is 3.65. The van der Waals surface area contributed by atoms with Crippen molar-refractivity contribution in [3.63, 3.8) is 0 Å². The third-order valence-electron chi connectivity index (χ3n) is 4.55. The number of nitrogens with two attached hydrogens (primary N) is 1. The maximum absolute atomic E-state index is 12.9. The van der Waals surface area contributed by atoms with Crippen molar-refractivity contribution >= 4 is 21.8 Å². The van der Waals surface area contributed by atoms with Crippen LogP contribution < -0.4 is 5.73 Å². The summed E-state index contributed by atoms with van der Waals surface area (Å²) in [7, 11) is 0. The number of hydrogen-bond donors (Lipinski definition) is 1. The van der Waals surface area contributed by atoms with Crippen molar-refractivity contribution in [3.05, 3.63) is 51.8 Å². The molecule has 23 heavy (non-hydrogen) atoms. The second kappa shape index (κ2) is 6.49. The van der Waals surface area contributed by atoms with Gasteiger partial charge in [0.25, 0.3) is 5.91 Å². The van der Waals surface area contributed by atoms with Crippen LogP contribution in [0.3, 0.4) is 0 Å². The summed E-state index contributed by atoms with van der Waals surface area (Å²) in [5, 5.41) is 0. The number of piperidine rings is 1. The number of carbonyl (C=O) groups is 1. The van der Waals surface area contributed by atoms with E-state index in [0.717, 1.165) is 53.0 Å². The summed E-state index contributed by atoms with van der Waals surface area (Å²) in [4.78, 5) is 14.8. The minimum atomic E-state index is 0.117. The van der Waals surface area contributed by atoms with E-state index in [1.54, 1.807) is 0 Å². The zero-order chi connectivity index (χ0) is 16.6. The number of amides is 1. The van der Waals surface area contributed by atoms with Crippen LogP contribution in [0, 0.1) is 13.8 Å². The Hall–Kier alpha value is -1.59. The molecule has 0 aliphatic carbocycles. The number of aromatic nitrogens is 1. The second-order valence-electron chi connectivity index (χ2n) is 6.23. The fourth-order valence-electron chi connectivity index (χ4n) is 3.26. The van der Waals surface area contributed by atoms with Gasteiger partial charge in [0.15, 0.2) is 0 Å². The molecule has 3 rings (SSSR count). The highest BCUT2D eigenvalue weighted by molar-refractivity contribution is 9.10. The van der Waals surface area contributed by atoms with Gasteiger partial charge in [-0.05, 0) is 51.0 Å². The van der Waals surface area contributed by atoms with E-state index in [1.165, 1.54) is 0 Å². The Labute approximate surface area is 145 Å². The lowest BCUT2D eigenvalue weighted by Crippen LogP contribution is -2.42. The smallest absolute Gasteiger partial charge is 0.255 e. The summed E-state index contributed by atoms with van der Waals surface area (Å²) in [5.41, 5.74) is 9.85. The second-order valence-corrected chi connectivity index (χ2v) is 7.15. The van der Waals surface area contributed by atoms with Crippen molar-refractivity contribution < 1.29 is 4.79 Å². The van der Waals surface area contributed by atoms with E-state index in [1.807, 2.05) is 36.9 Å². The molecule has 5 heteroatoms. The maximum atomic E-state index is 12.9. The van der Waals surface area contributed by atoms with E-state index in [0.29, 0.717) is 0 Å². The summed E-state index contributed by atoms with van der Waals surface area (Å²) in [6.45, 7) is 5.55. The van der Waals surface area contributed by atoms with E-state index >= 15 is 0 Å². The molecule has 1 saturated heterocycles. The van der Waals surface area contributed by atoms with Gasteiger partial charge < -0.3 is 15.2 Å². The topological polar surface area (TPSA) is 51.3 Å².